The first-order valence-electron chi connectivity index (χ1n) is 6.53. The third kappa shape index (κ3) is 3.40. The van der Waals surface area contributed by atoms with E-state index in [2.05, 4.69) is 5.32 Å². The van der Waals surface area contributed by atoms with Crippen LogP contribution in [0.15, 0.2) is 40.1 Å². The summed E-state index contributed by atoms with van der Waals surface area (Å²) >= 11 is 0. The van der Waals surface area contributed by atoms with Gasteiger partial charge in [0.1, 0.15) is 5.75 Å². The second-order valence-corrected chi connectivity index (χ2v) is 4.31. The molecule has 8 heteroatoms. The maximum absolute atomic E-state index is 13.1. The molecule has 0 bridgehead atoms. The molecule has 1 aromatic carbocycles. The van der Waals surface area contributed by atoms with Crippen LogP contribution in [0.4, 0.5) is 9.18 Å². The molecule has 2 rings (SSSR count). The molecule has 2 N–H and O–H groups in total. The number of para-hydroxylation sites is 1. The van der Waals surface area contributed by atoms with Gasteiger partial charge in [0.05, 0.1) is 12.8 Å². The lowest BCUT2D eigenvalue weighted by atomic mass is 10.2. The lowest BCUT2D eigenvalue weighted by Gasteiger charge is -2.11. The van der Waals surface area contributed by atoms with Gasteiger partial charge in [0.2, 0.25) is 5.82 Å². The number of hydrogen-bond acceptors (Lipinski definition) is 4. The number of H-pyrrole nitrogens is 1. The monoisotopic (exact) mass is 307 g/mol. The lowest BCUT2D eigenvalue weighted by molar-refractivity contribution is 0.240. The summed E-state index contributed by atoms with van der Waals surface area (Å²) in [5, 5.41) is 2.46. The fraction of sp³-hybridized carbons (Fsp3) is 0.214. The van der Waals surface area contributed by atoms with E-state index < -0.39 is 23.1 Å². The van der Waals surface area contributed by atoms with E-state index in [0.29, 0.717) is 28.7 Å². The van der Waals surface area contributed by atoms with E-state index in [1.165, 1.54) is 0 Å². The van der Waals surface area contributed by atoms with E-state index in [1.54, 1.807) is 29.2 Å². The first-order chi connectivity index (χ1) is 10.5. The van der Waals surface area contributed by atoms with Crippen molar-refractivity contribution in [3.05, 3.63) is 62.7 Å². The van der Waals surface area contributed by atoms with Gasteiger partial charge in [0.25, 0.3) is 5.56 Å². The summed E-state index contributed by atoms with van der Waals surface area (Å²) in [6.07, 6.45) is 0.547. The van der Waals surface area contributed by atoms with E-state index in [0.717, 1.165) is 0 Å². The molecule has 2 aromatic rings. The lowest BCUT2D eigenvalue weighted by Crippen LogP contribution is -2.40. The molecule has 0 aliphatic heterocycles. The van der Waals surface area contributed by atoms with Gasteiger partial charge in [0.15, 0.2) is 0 Å². The molecule has 0 unspecified atom stereocenters. The molecule has 116 valence electrons. The van der Waals surface area contributed by atoms with Crippen molar-refractivity contribution in [1.82, 2.24) is 14.9 Å². The minimum atomic E-state index is -1.22. The minimum Gasteiger partial charge on any atom is -0.494 e. The van der Waals surface area contributed by atoms with Crippen molar-refractivity contribution in [1.29, 1.82) is 0 Å². The van der Waals surface area contributed by atoms with Gasteiger partial charge >= 0.3 is 11.7 Å². The highest BCUT2D eigenvalue weighted by molar-refractivity contribution is 5.76. The molecule has 0 atom stereocenters. The van der Waals surface area contributed by atoms with E-state index in [9.17, 15) is 18.8 Å². The number of aromatic nitrogens is 2. The number of nitrogens with zero attached hydrogens (tertiary/aromatic N) is 1. The molecule has 0 radical (unpaired) electrons. The van der Waals surface area contributed by atoms with E-state index in [-0.39, 0.29) is 6.54 Å². The number of aromatic amines is 1. The smallest absolute Gasteiger partial charge is 0.336 e. The Labute approximate surface area is 124 Å². The standard InChI is InChI=1S/C14H14FN3O4/c1-2-22-11-6-4-3-5-9(11)7-16-13(20)18-8-10(15)12(19)17-14(18)21/h3-6,8H,2,7H2,1H3,(H,16,20)(H,17,19,21). The Hall–Kier alpha value is -2.90. The van der Waals surface area contributed by atoms with Crippen LogP contribution in [0.5, 0.6) is 5.75 Å². The molecule has 0 saturated heterocycles. The zero-order valence-corrected chi connectivity index (χ0v) is 11.8. The summed E-state index contributed by atoms with van der Waals surface area (Å²) in [5.74, 6) is -0.616. The molecule has 1 heterocycles. The van der Waals surface area contributed by atoms with Crippen molar-refractivity contribution in [3.63, 3.8) is 0 Å². The number of carbonyl (C=O) groups is 1. The van der Waals surface area contributed by atoms with Gasteiger partial charge in [0, 0.05) is 12.1 Å². The second kappa shape index (κ2) is 6.70. The van der Waals surface area contributed by atoms with Crippen LogP contribution in [0.25, 0.3) is 0 Å². The average molecular weight is 307 g/mol. The largest absolute Gasteiger partial charge is 0.494 e. The number of halogens is 1. The van der Waals surface area contributed by atoms with Crippen molar-refractivity contribution in [3.8, 4) is 5.75 Å². The predicted octanol–water partition coefficient (Wildman–Crippen LogP) is 0.832. The zero-order valence-electron chi connectivity index (χ0n) is 11.8. The summed E-state index contributed by atoms with van der Waals surface area (Å²) < 4.78 is 19.0. The first-order valence-corrected chi connectivity index (χ1v) is 6.53. The van der Waals surface area contributed by atoms with Crippen molar-refractivity contribution < 1.29 is 13.9 Å². The van der Waals surface area contributed by atoms with Crippen LogP contribution in [0, 0.1) is 5.82 Å². The third-order valence-electron chi connectivity index (χ3n) is 2.82. The highest BCUT2D eigenvalue weighted by atomic mass is 19.1. The van der Waals surface area contributed by atoms with Crippen molar-refractivity contribution in [2.75, 3.05) is 6.61 Å². The molecule has 1 amide bonds. The molecule has 0 spiro atoms. The highest BCUT2D eigenvalue weighted by Crippen LogP contribution is 2.17. The number of rotatable bonds is 4. The summed E-state index contributed by atoms with van der Waals surface area (Å²) in [6, 6.07) is 6.21. The number of carbonyl (C=O) groups excluding carboxylic acids is 1. The molecule has 22 heavy (non-hydrogen) atoms. The van der Waals surface area contributed by atoms with Crippen molar-refractivity contribution in [2.24, 2.45) is 0 Å². The topological polar surface area (TPSA) is 93.2 Å². The van der Waals surface area contributed by atoms with Gasteiger partial charge in [-0.25, -0.2) is 14.2 Å². The Morgan fingerprint density at radius 1 is 1.36 bits per heavy atom. The Kier molecular flexibility index (Phi) is 4.72. The Bertz CT molecular complexity index is 797. The normalized spacial score (nSPS) is 10.3. The SMILES string of the molecule is CCOc1ccccc1CNC(=O)n1cc(F)c(=O)[nH]c1=O. The summed E-state index contributed by atoms with van der Waals surface area (Å²) in [4.78, 5) is 36.0. The van der Waals surface area contributed by atoms with E-state index in [4.69, 9.17) is 4.74 Å². The molecule has 1 aromatic heterocycles. The maximum Gasteiger partial charge on any atom is 0.336 e. The first kappa shape index (κ1) is 15.5. The Balaban J connectivity index is 2.16. The predicted molar refractivity (Wildman–Crippen MR) is 76.5 cm³/mol. The van der Waals surface area contributed by atoms with Gasteiger partial charge in [-0.2, -0.15) is 4.39 Å². The van der Waals surface area contributed by atoms with Crippen LogP contribution in [0.2, 0.25) is 0 Å². The average Bonchev–Trinajstić information content (AvgIpc) is 2.50. The Morgan fingerprint density at radius 3 is 2.82 bits per heavy atom. The van der Waals surface area contributed by atoms with Gasteiger partial charge < -0.3 is 10.1 Å². The molecule has 0 saturated carbocycles. The quantitative estimate of drug-likeness (QED) is 0.875. The fourth-order valence-corrected chi connectivity index (χ4v) is 1.80. The number of ether oxygens (including phenoxy) is 1. The maximum atomic E-state index is 13.1. The minimum absolute atomic E-state index is 0.0855. The van der Waals surface area contributed by atoms with E-state index in [1.807, 2.05) is 6.92 Å². The van der Waals surface area contributed by atoms with Gasteiger partial charge in [-0.1, -0.05) is 18.2 Å². The van der Waals surface area contributed by atoms with Crippen molar-refractivity contribution in [2.45, 2.75) is 13.5 Å². The zero-order chi connectivity index (χ0) is 16.1. The van der Waals surface area contributed by atoms with Crippen LogP contribution < -0.4 is 21.3 Å². The van der Waals surface area contributed by atoms with Gasteiger partial charge in [-0.3, -0.25) is 9.78 Å². The summed E-state index contributed by atoms with van der Waals surface area (Å²) in [7, 11) is 0. The van der Waals surface area contributed by atoms with Crippen LogP contribution >= 0.6 is 0 Å². The molecule has 7 nitrogen and oxygen atoms in total. The number of nitrogens with one attached hydrogen (secondary N) is 2. The van der Waals surface area contributed by atoms with Crippen molar-refractivity contribution >= 4 is 6.03 Å². The molecular weight excluding hydrogens is 293 g/mol. The Morgan fingerprint density at radius 2 is 2.09 bits per heavy atom. The number of amides is 1. The van der Waals surface area contributed by atoms with E-state index >= 15 is 0 Å². The van der Waals surface area contributed by atoms with Crippen LogP contribution in [-0.4, -0.2) is 22.2 Å². The molecular formula is C14H14FN3O4. The fourth-order valence-electron chi connectivity index (χ4n) is 1.80. The number of benzene rings is 1. The van der Waals surface area contributed by atoms with Gasteiger partial charge in [-0.15, -0.1) is 0 Å². The third-order valence-corrected chi connectivity index (χ3v) is 2.82. The summed E-state index contributed by atoms with van der Waals surface area (Å²) in [5.41, 5.74) is -1.48. The van der Waals surface area contributed by atoms with Crippen LogP contribution in [0.1, 0.15) is 12.5 Å². The molecule has 0 aliphatic rings. The van der Waals surface area contributed by atoms with Crippen LogP contribution in [-0.2, 0) is 6.54 Å². The molecule has 0 fully saturated rings. The second-order valence-electron chi connectivity index (χ2n) is 4.31. The van der Waals surface area contributed by atoms with Gasteiger partial charge in [-0.05, 0) is 13.0 Å². The van der Waals surface area contributed by atoms with Crippen LogP contribution in [0.3, 0.4) is 0 Å². The summed E-state index contributed by atoms with van der Waals surface area (Å²) in [6.45, 7) is 2.38. The molecule has 0 aliphatic carbocycles. The highest BCUT2D eigenvalue weighted by Gasteiger charge is 2.11. The number of hydrogen-bond donors (Lipinski definition) is 2.